The quantitative estimate of drug-likeness (QED) is 0.764. The van der Waals surface area contributed by atoms with Gasteiger partial charge in [-0.25, -0.2) is 0 Å². The number of nitrogens with one attached hydrogen (secondary N) is 1. The Bertz CT molecular complexity index is 585. The van der Waals surface area contributed by atoms with Crippen LogP contribution in [0.2, 0.25) is 0 Å². The van der Waals surface area contributed by atoms with Crippen LogP contribution in [0.15, 0.2) is 42.5 Å². The van der Waals surface area contributed by atoms with Crippen LogP contribution in [0.25, 0.3) is 0 Å². The molecule has 0 amide bonds. The summed E-state index contributed by atoms with van der Waals surface area (Å²) in [6.07, 6.45) is 0.852. The van der Waals surface area contributed by atoms with Gasteiger partial charge in [-0.05, 0) is 37.1 Å². The van der Waals surface area contributed by atoms with Crippen LogP contribution in [-0.4, -0.2) is 20.3 Å². The molecule has 4 heteroatoms. The molecule has 2 aromatic rings. The molecule has 2 rings (SSSR count). The zero-order chi connectivity index (χ0) is 15.1. The van der Waals surface area contributed by atoms with Crippen LogP contribution in [0.1, 0.15) is 12.5 Å². The van der Waals surface area contributed by atoms with Crippen molar-refractivity contribution >= 4 is 17.1 Å². The average molecular weight is 286 g/mol. The van der Waals surface area contributed by atoms with Crippen LogP contribution < -0.4 is 15.8 Å². The third-order valence-corrected chi connectivity index (χ3v) is 3.23. The highest BCUT2D eigenvalue weighted by Gasteiger charge is 2.08. The highest BCUT2D eigenvalue weighted by Crippen LogP contribution is 2.32. The number of hydrogen-bond acceptors (Lipinski definition) is 4. The van der Waals surface area contributed by atoms with Gasteiger partial charge in [-0.15, -0.1) is 0 Å². The second-order valence-corrected chi connectivity index (χ2v) is 4.68. The SMILES string of the molecule is CCOc1cccc(Nc2ccccc2CCOC)c1N. The minimum absolute atomic E-state index is 0.595. The van der Waals surface area contributed by atoms with E-state index in [-0.39, 0.29) is 0 Å². The summed E-state index contributed by atoms with van der Waals surface area (Å²) in [5.41, 5.74) is 9.87. The van der Waals surface area contributed by atoms with E-state index in [1.165, 1.54) is 5.56 Å². The fourth-order valence-electron chi connectivity index (χ4n) is 2.15. The molecule has 3 N–H and O–H groups in total. The highest BCUT2D eigenvalue weighted by molar-refractivity contribution is 5.78. The predicted molar refractivity (Wildman–Crippen MR) is 87.3 cm³/mol. The van der Waals surface area contributed by atoms with Crippen molar-refractivity contribution in [2.45, 2.75) is 13.3 Å². The molecule has 0 atom stereocenters. The summed E-state index contributed by atoms with van der Waals surface area (Å²) in [6.45, 7) is 3.23. The van der Waals surface area contributed by atoms with Crippen molar-refractivity contribution in [2.75, 3.05) is 31.4 Å². The monoisotopic (exact) mass is 286 g/mol. The van der Waals surface area contributed by atoms with Gasteiger partial charge in [0, 0.05) is 12.8 Å². The first-order valence-corrected chi connectivity index (χ1v) is 7.11. The summed E-state index contributed by atoms with van der Waals surface area (Å²) < 4.78 is 10.7. The van der Waals surface area contributed by atoms with Crippen molar-refractivity contribution < 1.29 is 9.47 Å². The number of anilines is 3. The van der Waals surface area contributed by atoms with Crippen molar-refractivity contribution in [1.82, 2.24) is 0 Å². The van der Waals surface area contributed by atoms with E-state index in [2.05, 4.69) is 11.4 Å². The topological polar surface area (TPSA) is 56.5 Å². The lowest BCUT2D eigenvalue weighted by molar-refractivity contribution is 0.202. The second kappa shape index (κ2) is 7.55. The van der Waals surface area contributed by atoms with Gasteiger partial charge in [0.2, 0.25) is 0 Å². The fourth-order valence-corrected chi connectivity index (χ4v) is 2.15. The molecule has 112 valence electrons. The average Bonchev–Trinajstić information content (AvgIpc) is 2.50. The molecule has 0 saturated carbocycles. The molecule has 0 spiro atoms. The van der Waals surface area contributed by atoms with E-state index in [1.807, 2.05) is 43.3 Å². The van der Waals surface area contributed by atoms with Crippen LogP contribution >= 0.6 is 0 Å². The minimum Gasteiger partial charge on any atom is -0.492 e. The number of rotatable bonds is 7. The maximum atomic E-state index is 6.16. The summed E-state index contributed by atoms with van der Waals surface area (Å²) in [5.74, 6) is 0.705. The Morgan fingerprint density at radius 2 is 1.81 bits per heavy atom. The zero-order valence-corrected chi connectivity index (χ0v) is 12.6. The van der Waals surface area contributed by atoms with Gasteiger partial charge in [0.1, 0.15) is 5.75 Å². The van der Waals surface area contributed by atoms with E-state index in [4.69, 9.17) is 15.2 Å². The second-order valence-electron chi connectivity index (χ2n) is 4.68. The Morgan fingerprint density at radius 3 is 2.57 bits per heavy atom. The molecule has 0 aliphatic heterocycles. The maximum absolute atomic E-state index is 6.16. The number of nitrogen functional groups attached to an aromatic ring is 1. The van der Waals surface area contributed by atoms with Gasteiger partial charge in [-0.1, -0.05) is 24.3 Å². The van der Waals surface area contributed by atoms with E-state index in [9.17, 15) is 0 Å². The maximum Gasteiger partial charge on any atom is 0.144 e. The molecule has 21 heavy (non-hydrogen) atoms. The number of para-hydroxylation sites is 2. The molecule has 0 aliphatic carbocycles. The van der Waals surface area contributed by atoms with Gasteiger partial charge in [0.05, 0.1) is 24.6 Å². The van der Waals surface area contributed by atoms with E-state index < -0.39 is 0 Å². The Kier molecular flexibility index (Phi) is 5.46. The number of hydrogen-bond donors (Lipinski definition) is 2. The van der Waals surface area contributed by atoms with E-state index in [0.717, 1.165) is 17.8 Å². The van der Waals surface area contributed by atoms with Crippen molar-refractivity contribution in [3.8, 4) is 5.75 Å². The highest BCUT2D eigenvalue weighted by atomic mass is 16.5. The molecule has 0 bridgehead atoms. The summed E-state index contributed by atoms with van der Waals surface area (Å²) in [7, 11) is 1.71. The number of benzene rings is 2. The molecule has 0 fully saturated rings. The van der Waals surface area contributed by atoms with E-state index in [0.29, 0.717) is 24.7 Å². The molecule has 4 nitrogen and oxygen atoms in total. The van der Waals surface area contributed by atoms with Gasteiger partial charge >= 0.3 is 0 Å². The van der Waals surface area contributed by atoms with Crippen LogP contribution in [0.4, 0.5) is 17.1 Å². The normalized spacial score (nSPS) is 10.4. The smallest absolute Gasteiger partial charge is 0.144 e. The Balaban J connectivity index is 2.24. The van der Waals surface area contributed by atoms with Crippen molar-refractivity contribution in [3.63, 3.8) is 0 Å². The van der Waals surface area contributed by atoms with Gasteiger partial charge in [-0.2, -0.15) is 0 Å². The molecule has 0 aliphatic rings. The third kappa shape index (κ3) is 3.89. The van der Waals surface area contributed by atoms with Crippen LogP contribution in [0.3, 0.4) is 0 Å². The largest absolute Gasteiger partial charge is 0.492 e. The molecule has 0 unspecified atom stereocenters. The Morgan fingerprint density at radius 1 is 1.05 bits per heavy atom. The lowest BCUT2D eigenvalue weighted by Gasteiger charge is -2.15. The standard InChI is InChI=1S/C17H22N2O2/c1-3-21-16-10-6-9-15(17(16)18)19-14-8-5-4-7-13(14)11-12-20-2/h4-10,19H,3,11-12,18H2,1-2H3. The minimum atomic E-state index is 0.595. The first-order valence-electron chi connectivity index (χ1n) is 7.11. The number of methoxy groups -OCH3 is 1. The summed E-state index contributed by atoms with van der Waals surface area (Å²) in [4.78, 5) is 0. The van der Waals surface area contributed by atoms with E-state index in [1.54, 1.807) is 7.11 Å². The Hall–Kier alpha value is -2.20. The van der Waals surface area contributed by atoms with Crippen molar-refractivity contribution in [2.24, 2.45) is 0 Å². The van der Waals surface area contributed by atoms with Crippen LogP contribution in [0.5, 0.6) is 5.75 Å². The summed E-state index contributed by atoms with van der Waals surface area (Å²) in [6, 6.07) is 13.9. The molecule has 0 heterocycles. The lowest BCUT2D eigenvalue weighted by atomic mass is 10.1. The third-order valence-electron chi connectivity index (χ3n) is 3.23. The van der Waals surface area contributed by atoms with Gasteiger partial charge in [0.25, 0.3) is 0 Å². The van der Waals surface area contributed by atoms with Gasteiger partial charge in [0.15, 0.2) is 0 Å². The van der Waals surface area contributed by atoms with Crippen LogP contribution in [-0.2, 0) is 11.2 Å². The summed E-state index contributed by atoms with van der Waals surface area (Å²) in [5, 5.41) is 3.39. The van der Waals surface area contributed by atoms with Crippen molar-refractivity contribution in [3.05, 3.63) is 48.0 Å². The van der Waals surface area contributed by atoms with Crippen LogP contribution in [0, 0.1) is 0 Å². The Labute approximate surface area is 125 Å². The van der Waals surface area contributed by atoms with Crippen molar-refractivity contribution in [1.29, 1.82) is 0 Å². The fraction of sp³-hybridized carbons (Fsp3) is 0.294. The van der Waals surface area contributed by atoms with Gasteiger partial charge < -0.3 is 20.5 Å². The molecule has 0 radical (unpaired) electrons. The molecule has 0 saturated heterocycles. The molecule has 2 aromatic carbocycles. The zero-order valence-electron chi connectivity index (χ0n) is 12.6. The number of nitrogens with two attached hydrogens (primary N) is 1. The predicted octanol–water partition coefficient (Wildman–Crippen LogP) is 3.60. The molecule has 0 aromatic heterocycles. The molecular formula is C17H22N2O2. The molecular weight excluding hydrogens is 264 g/mol. The van der Waals surface area contributed by atoms with E-state index >= 15 is 0 Å². The number of ether oxygens (including phenoxy) is 2. The van der Waals surface area contributed by atoms with Gasteiger partial charge in [-0.3, -0.25) is 0 Å². The first kappa shape index (κ1) is 15.2. The summed E-state index contributed by atoms with van der Waals surface area (Å²) >= 11 is 0. The first-order chi connectivity index (χ1) is 10.3. The lowest BCUT2D eigenvalue weighted by Crippen LogP contribution is -2.03.